The van der Waals surface area contributed by atoms with E-state index in [1.54, 1.807) is 26.0 Å². The van der Waals surface area contributed by atoms with Gasteiger partial charge < -0.3 is 0 Å². The van der Waals surface area contributed by atoms with E-state index in [1.807, 2.05) is 0 Å². The van der Waals surface area contributed by atoms with Gasteiger partial charge in [0.05, 0.1) is 11.0 Å². The summed E-state index contributed by atoms with van der Waals surface area (Å²) in [5.41, 5.74) is 0.981. The second-order valence-electron chi connectivity index (χ2n) is 5.06. The van der Waals surface area contributed by atoms with Crippen molar-refractivity contribution in [2.45, 2.75) is 31.9 Å². The third-order valence-electron chi connectivity index (χ3n) is 3.18. The SMILES string of the molecule is CC(C)S(=O)(=O)CCC(CCl)Cc1ccc(F)cc1. The molecule has 108 valence electrons. The molecule has 0 fully saturated rings. The first kappa shape index (κ1) is 16.4. The molecule has 1 atom stereocenters. The highest BCUT2D eigenvalue weighted by Crippen LogP contribution is 2.17. The van der Waals surface area contributed by atoms with Crippen LogP contribution in [0.15, 0.2) is 24.3 Å². The summed E-state index contributed by atoms with van der Waals surface area (Å²) in [5, 5.41) is -0.353. The molecule has 1 aromatic carbocycles. The molecule has 0 bridgehead atoms. The van der Waals surface area contributed by atoms with Gasteiger partial charge in [0.25, 0.3) is 0 Å². The Labute approximate surface area is 119 Å². The van der Waals surface area contributed by atoms with Crippen molar-refractivity contribution in [3.8, 4) is 0 Å². The van der Waals surface area contributed by atoms with Gasteiger partial charge in [0.1, 0.15) is 5.82 Å². The smallest absolute Gasteiger partial charge is 0.152 e. The van der Waals surface area contributed by atoms with E-state index >= 15 is 0 Å². The van der Waals surface area contributed by atoms with Crippen LogP contribution in [0.1, 0.15) is 25.8 Å². The van der Waals surface area contributed by atoms with Crippen molar-refractivity contribution in [3.05, 3.63) is 35.6 Å². The molecule has 1 rings (SSSR count). The van der Waals surface area contributed by atoms with E-state index in [0.717, 1.165) is 5.56 Å². The average molecular weight is 307 g/mol. The lowest BCUT2D eigenvalue weighted by atomic mass is 9.99. The van der Waals surface area contributed by atoms with Crippen LogP contribution in [0.2, 0.25) is 0 Å². The first-order valence-corrected chi connectivity index (χ1v) is 8.62. The van der Waals surface area contributed by atoms with Gasteiger partial charge in [-0.25, -0.2) is 12.8 Å². The third-order valence-corrected chi connectivity index (χ3v) is 5.86. The monoisotopic (exact) mass is 306 g/mol. The second-order valence-corrected chi connectivity index (χ2v) is 8.04. The highest BCUT2D eigenvalue weighted by atomic mass is 35.5. The fraction of sp³-hybridized carbons (Fsp3) is 0.571. The standard InChI is InChI=1S/C14H20ClFO2S/c1-11(2)19(17,18)8-7-13(10-15)9-12-3-5-14(16)6-4-12/h3-6,11,13H,7-10H2,1-2H3. The number of halogens is 2. The number of hydrogen-bond donors (Lipinski definition) is 0. The number of hydrogen-bond acceptors (Lipinski definition) is 2. The van der Waals surface area contributed by atoms with Crippen molar-refractivity contribution >= 4 is 21.4 Å². The molecule has 0 spiro atoms. The van der Waals surface area contributed by atoms with Crippen molar-refractivity contribution < 1.29 is 12.8 Å². The molecule has 1 aromatic rings. The van der Waals surface area contributed by atoms with E-state index in [9.17, 15) is 12.8 Å². The Morgan fingerprint density at radius 3 is 2.26 bits per heavy atom. The highest BCUT2D eigenvalue weighted by molar-refractivity contribution is 7.91. The fourth-order valence-electron chi connectivity index (χ4n) is 1.75. The average Bonchev–Trinajstić information content (AvgIpc) is 2.36. The van der Waals surface area contributed by atoms with Crippen molar-refractivity contribution in [2.24, 2.45) is 5.92 Å². The Bertz CT molecular complexity index is 483. The molecular formula is C14H20ClFO2S. The molecule has 0 aliphatic rings. The van der Waals surface area contributed by atoms with Crippen LogP contribution >= 0.6 is 11.6 Å². The summed E-state index contributed by atoms with van der Waals surface area (Å²) < 4.78 is 36.3. The molecule has 0 aliphatic heterocycles. The Kier molecular flexibility index (Phi) is 6.27. The molecule has 0 amide bonds. The highest BCUT2D eigenvalue weighted by Gasteiger charge is 2.19. The maximum atomic E-state index is 12.8. The minimum Gasteiger partial charge on any atom is -0.229 e. The molecule has 0 saturated carbocycles. The van der Waals surface area contributed by atoms with Crippen LogP contribution in [-0.2, 0) is 16.3 Å². The lowest BCUT2D eigenvalue weighted by Crippen LogP contribution is -2.21. The van der Waals surface area contributed by atoms with Crippen LogP contribution < -0.4 is 0 Å². The molecule has 5 heteroatoms. The van der Waals surface area contributed by atoms with E-state index in [2.05, 4.69) is 0 Å². The second kappa shape index (κ2) is 7.25. The maximum absolute atomic E-state index is 12.8. The van der Waals surface area contributed by atoms with Crippen LogP contribution in [0.5, 0.6) is 0 Å². The molecule has 0 aliphatic carbocycles. The van der Waals surface area contributed by atoms with E-state index < -0.39 is 9.84 Å². The number of alkyl halides is 1. The van der Waals surface area contributed by atoms with Crippen LogP contribution in [-0.4, -0.2) is 25.3 Å². The molecule has 1 unspecified atom stereocenters. The van der Waals surface area contributed by atoms with E-state index in [0.29, 0.717) is 18.7 Å². The zero-order valence-electron chi connectivity index (χ0n) is 11.3. The summed E-state index contributed by atoms with van der Waals surface area (Å²) in [6.45, 7) is 3.37. The minimum absolute atomic E-state index is 0.0978. The lowest BCUT2D eigenvalue weighted by molar-refractivity contribution is 0.543. The number of sulfone groups is 1. The van der Waals surface area contributed by atoms with Crippen molar-refractivity contribution in [2.75, 3.05) is 11.6 Å². The van der Waals surface area contributed by atoms with Gasteiger partial charge in [-0.15, -0.1) is 11.6 Å². The largest absolute Gasteiger partial charge is 0.229 e. The van der Waals surface area contributed by atoms with E-state index in [-0.39, 0.29) is 22.7 Å². The van der Waals surface area contributed by atoms with Gasteiger partial charge in [0, 0.05) is 5.88 Å². The van der Waals surface area contributed by atoms with Crippen molar-refractivity contribution in [1.29, 1.82) is 0 Å². The van der Waals surface area contributed by atoms with Gasteiger partial charge in [-0.2, -0.15) is 0 Å². The van der Waals surface area contributed by atoms with Gasteiger partial charge in [-0.05, 0) is 50.3 Å². The minimum atomic E-state index is -3.02. The lowest BCUT2D eigenvalue weighted by Gasteiger charge is -2.15. The Hall–Kier alpha value is -0.610. The summed E-state index contributed by atoms with van der Waals surface area (Å²) in [5.74, 6) is 0.392. The van der Waals surface area contributed by atoms with Gasteiger partial charge in [0.2, 0.25) is 0 Å². The molecule has 0 heterocycles. The summed E-state index contributed by atoms with van der Waals surface area (Å²) in [4.78, 5) is 0. The Morgan fingerprint density at radius 2 is 1.79 bits per heavy atom. The zero-order valence-corrected chi connectivity index (χ0v) is 12.8. The first-order valence-electron chi connectivity index (χ1n) is 6.37. The van der Waals surface area contributed by atoms with Crippen LogP contribution in [0, 0.1) is 11.7 Å². The normalized spacial score (nSPS) is 13.7. The predicted octanol–water partition coefficient (Wildman–Crippen LogP) is 3.44. The molecule has 0 radical (unpaired) electrons. The van der Waals surface area contributed by atoms with E-state index in [4.69, 9.17) is 11.6 Å². The van der Waals surface area contributed by atoms with Crippen molar-refractivity contribution in [1.82, 2.24) is 0 Å². The molecule has 19 heavy (non-hydrogen) atoms. The van der Waals surface area contributed by atoms with Crippen LogP contribution in [0.4, 0.5) is 4.39 Å². The van der Waals surface area contributed by atoms with Gasteiger partial charge in [-0.3, -0.25) is 0 Å². The summed E-state index contributed by atoms with van der Waals surface area (Å²) >= 11 is 5.89. The first-order chi connectivity index (χ1) is 8.85. The molecule has 0 N–H and O–H groups in total. The van der Waals surface area contributed by atoms with Crippen LogP contribution in [0.3, 0.4) is 0 Å². The van der Waals surface area contributed by atoms with Gasteiger partial charge in [-0.1, -0.05) is 12.1 Å². The molecule has 0 aromatic heterocycles. The molecular weight excluding hydrogens is 287 g/mol. The summed E-state index contributed by atoms with van der Waals surface area (Å²) in [7, 11) is -3.02. The van der Waals surface area contributed by atoms with E-state index in [1.165, 1.54) is 12.1 Å². The van der Waals surface area contributed by atoms with Gasteiger partial charge in [0.15, 0.2) is 9.84 Å². The Morgan fingerprint density at radius 1 is 1.21 bits per heavy atom. The number of benzene rings is 1. The summed E-state index contributed by atoms with van der Waals surface area (Å²) in [6.07, 6.45) is 1.22. The predicted molar refractivity (Wildman–Crippen MR) is 77.9 cm³/mol. The van der Waals surface area contributed by atoms with Crippen molar-refractivity contribution in [3.63, 3.8) is 0 Å². The quantitative estimate of drug-likeness (QED) is 0.723. The zero-order chi connectivity index (χ0) is 14.5. The fourth-order valence-corrected chi connectivity index (χ4v) is 3.15. The number of rotatable bonds is 7. The third kappa shape index (κ3) is 5.49. The van der Waals surface area contributed by atoms with Crippen LogP contribution in [0.25, 0.3) is 0 Å². The maximum Gasteiger partial charge on any atom is 0.152 e. The van der Waals surface area contributed by atoms with Gasteiger partial charge >= 0.3 is 0 Å². The summed E-state index contributed by atoms with van der Waals surface area (Å²) in [6, 6.07) is 6.24. The molecule has 2 nitrogen and oxygen atoms in total. The Balaban J connectivity index is 2.57. The topological polar surface area (TPSA) is 34.1 Å². The molecule has 0 saturated heterocycles.